The molecule has 0 N–H and O–H groups in total. The van der Waals surface area contributed by atoms with E-state index in [2.05, 4.69) is 11.8 Å². The third-order valence-electron chi connectivity index (χ3n) is 6.83. The first-order chi connectivity index (χ1) is 14.9. The van der Waals surface area contributed by atoms with Crippen molar-refractivity contribution < 1.29 is 19.2 Å². The molecule has 31 heavy (non-hydrogen) atoms. The van der Waals surface area contributed by atoms with Crippen molar-refractivity contribution in [3.63, 3.8) is 0 Å². The first kappa shape index (κ1) is 21.5. The molecule has 4 rings (SSSR count). The predicted molar refractivity (Wildman–Crippen MR) is 116 cm³/mol. The summed E-state index contributed by atoms with van der Waals surface area (Å²) >= 11 is 0. The van der Waals surface area contributed by atoms with Gasteiger partial charge in [-0.05, 0) is 49.9 Å². The Bertz CT molecular complexity index is 876. The normalized spacial score (nSPS) is 25.5. The number of amides is 4. The van der Waals surface area contributed by atoms with Crippen molar-refractivity contribution in [2.45, 2.75) is 45.6 Å². The molecule has 4 amide bonds. The third-order valence-corrected chi connectivity index (χ3v) is 6.83. The monoisotopic (exact) mass is 426 g/mol. The number of rotatable bonds is 5. The van der Waals surface area contributed by atoms with Crippen molar-refractivity contribution in [2.24, 2.45) is 5.92 Å². The van der Waals surface area contributed by atoms with E-state index < -0.39 is 17.8 Å². The number of carbonyl (C=O) groups excluding carboxylic acids is 4. The van der Waals surface area contributed by atoms with E-state index >= 15 is 0 Å². The molecule has 0 aromatic heterocycles. The smallest absolute Gasteiger partial charge is 0.335 e. The highest BCUT2D eigenvalue weighted by atomic mass is 16.2. The van der Waals surface area contributed by atoms with Crippen LogP contribution in [0.4, 0.5) is 10.5 Å². The Morgan fingerprint density at radius 1 is 0.935 bits per heavy atom. The summed E-state index contributed by atoms with van der Waals surface area (Å²) in [6.07, 6.45) is 3.84. The second kappa shape index (κ2) is 8.78. The van der Waals surface area contributed by atoms with Crippen LogP contribution in [0, 0.1) is 5.92 Å². The van der Waals surface area contributed by atoms with Crippen LogP contribution in [0.3, 0.4) is 0 Å². The number of hydrogen-bond donors (Lipinski definition) is 0. The van der Waals surface area contributed by atoms with Gasteiger partial charge in [-0.15, -0.1) is 0 Å². The molecule has 0 bridgehead atoms. The Morgan fingerprint density at radius 3 is 2.19 bits per heavy atom. The van der Waals surface area contributed by atoms with Gasteiger partial charge in [0.2, 0.25) is 0 Å². The minimum Gasteiger partial charge on any atom is -0.369 e. The quantitative estimate of drug-likeness (QED) is 0.408. The average Bonchev–Trinajstić information content (AvgIpc) is 2.98. The Labute approximate surface area is 182 Å². The molecule has 8 heteroatoms. The van der Waals surface area contributed by atoms with Gasteiger partial charge in [0.1, 0.15) is 0 Å². The second-order valence-electron chi connectivity index (χ2n) is 8.87. The molecular weight excluding hydrogens is 396 g/mol. The van der Waals surface area contributed by atoms with Crippen LogP contribution in [0.1, 0.15) is 49.9 Å². The maximum atomic E-state index is 13.0. The van der Waals surface area contributed by atoms with Crippen LogP contribution < -0.4 is 4.90 Å². The molecule has 0 unspecified atom stereocenters. The van der Waals surface area contributed by atoms with E-state index in [1.54, 1.807) is 6.92 Å². The summed E-state index contributed by atoms with van der Waals surface area (Å²) in [4.78, 5) is 56.2. The number of ketones is 1. The highest BCUT2D eigenvalue weighted by Gasteiger charge is 2.49. The SMILES string of the molecule is CC(=O)c1ccc(N2CCN(CN3C(=O)C(=O)N([C@H]4CCCC[C@H]4C)C3=O)CC2)cc1. The maximum Gasteiger partial charge on any atom is 0.335 e. The fraction of sp³-hybridized carbons (Fsp3) is 0.565. The topological polar surface area (TPSA) is 81.2 Å². The van der Waals surface area contributed by atoms with Crippen LogP contribution in [0.5, 0.6) is 0 Å². The molecule has 1 aliphatic carbocycles. The van der Waals surface area contributed by atoms with Crippen LogP contribution in [-0.4, -0.2) is 77.2 Å². The second-order valence-corrected chi connectivity index (χ2v) is 8.87. The molecule has 1 saturated carbocycles. The molecule has 2 aliphatic heterocycles. The lowest BCUT2D eigenvalue weighted by molar-refractivity contribution is -0.145. The van der Waals surface area contributed by atoms with Gasteiger partial charge in [-0.25, -0.2) is 9.69 Å². The zero-order valence-corrected chi connectivity index (χ0v) is 18.2. The predicted octanol–water partition coefficient (Wildman–Crippen LogP) is 2.34. The van der Waals surface area contributed by atoms with E-state index in [-0.39, 0.29) is 24.4 Å². The van der Waals surface area contributed by atoms with Crippen molar-refractivity contribution in [3.05, 3.63) is 29.8 Å². The number of benzene rings is 1. The summed E-state index contributed by atoms with van der Waals surface area (Å²) in [6, 6.07) is 6.92. The van der Waals surface area contributed by atoms with Gasteiger partial charge in [0.15, 0.2) is 5.78 Å². The van der Waals surface area contributed by atoms with Gasteiger partial charge in [-0.1, -0.05) is 19.8 Å². The summed E-state index contributed by atoms with van der Waals surface area (Å²) in [7, 11) is 0. The molecule has 2 atom stereocenters. The molecule has 2 saturated heterocycles. The van der Waals surface area contributed by atoms with E-state index in [1.807, 2.05) is 29.2 Å². The van der Waals surface area contributed by atoms with Gasteiger partial charge in [0.05, 0.1) is 6.67 Å². The summed E-state index contributed by atoms with van der Waals surface area (Å²) in [5.41, 5.74) is 1.74. The molecule has 3 aliphatic rings. The number of anilines is 1. The van der Waals surface area contributed by atoms with Crippen molar-refractivity contribution >= 4 is 29.3 Å². The van der Waals surface area contributed by atoms with Gasteiger partial charge >= 0.3 is 17.8 Å². The van der Waals surface area contributed by atoms with Crippen molar-refractivity contribution in [1.82, 2.24) is 14.7 Å². The first-order valence-corrected chi connectivity index (χ1v) is 11.1. The standard InChI is InChI=1S/C23H30N4O4/c1-16-5-3-4-6-20(16)27-22(30)21(29)26(23(27)31)15-24-11-13-25(14-12-24)19-9-7-18(8-10-19)17(2)28/h7-10,16,20H,3-6,11-15H2,1-2H3/t16-,20+/m1/s1. The molecular formula is C23H30N4O4. The van der Waals surface area contributed by atoms with E-state index in [1.165, 1.54) is 4.90 Å². The van der Waals surface area contributed by atoms with Crippen molar-refractivity contribution in [3.8, 4) is 0 Å². The Hall–Kier alpha value is -2.74. The molecule has 1 aromatic carbocycles. The zero-order chi connectivity index (χ0) is 22.1. The van der Waals surface area contributed by atoms with Crippen LogP contribution in [-0.2, 0) is 9.59 Å². The average molecular weight is 427 g/mol. The molecule has 2 heterocycles. The summed E-state index contributed by atoms with van der Waals surface area (Å²) in [6.45, 7) is 6.60. The van der Waals surface area contributed by atoms with Crippen molar-refractivity contribution in [1.29, 1.82) is 0 Å². The van der Waals surface area contributed by atoms with Gasteiger partial charge in [-0.3, -0.25) is 24.2 Å². The summed E-state index contributed by atoms with van der Waals surface area (Å²) in [5, 5.41) is 0. The van der Waals surface area contributed by atoms with Crippen LogP contribution >= 0.6 is 0 Å². The molecule has 166 valence electrons. The number of urea groups is 1. The number of nitrogens with zero attached hydrogens (tertiary/aromatic N) is 4. The van der Waals surface area contributed by atoms with E-state index in [4.69, 9.17) is 0 Å². The third kappa shape index (κ3) is 4.21. The van der Waals surface area contributed by atoms with Gasteiger partial charge in [0, 0.05) is 43.5 Å². The largest absolute Gasteiger partial charge is 0.369 e. The maximum absolute atomic E-state index is 13.0. The molecule has 8 nitrogen and oxygen atoms in total. The number of piperazine rings is 1. The van der Waals surface area contributed by atoms with E-state index in [9.17, 15) is 19.2 Å². The van der Waals surface area contributed by atoms with Crippen LogP contribution in [0.15, 0.2) is 24.3 Å². The number of carbonyl (C=O) groups is 4. The number of hydrogen-bond acceptors (Lipinski definition) is 6. The van der Waals surface area contributed by atoms with Crippen LogP contribution in [0.2, 0.25) is 0 Å². The minimum absolute atomic E-state index is 0.0440. The highest BCUT2D eigenvalue weighted by Crippen LogP contribution is 2.31. The Kier molecular flexibility index (Phi) is 6.09. The van der Waals surface area contributed by atoms with Crippen LogP contribution in [0.25, 0.3) is 0 Å². The Balaban J connectivity index is 1.35. The van der Waals surface area contributed by atoms with Gasteiger partial charge in [0.25, 0.3) is 0 Å². The summed E-state index contributed by atoms with van der Waals surface area (Å²) < 4.78 is 0. The lowest BCUT2D eigenvalue weighted by Crippen LogP contribution is -2.52. The highest BCUT2D eigenvalue weighted by molar-refractivity contribution is 6.44. The van der Waals surface area contributed by atoms with E-state index in [0.29, 0.717) is 18.7 Å². The fourth-order valence-corrected chi connectivity index (χ4v) is 4.87. The summed E-state index contributed by atoms with van der Waals surface area (Å²) in [5.74, 6) is -1.10. The molecule has 0 radical (unpaired) electrons. The van der Waals surface area contributed by atoms with E-state index in [0.717, 1.165) is 49.4 Å². The lowest BCUT2D eigenvalue weighted by atomic mass is 9.85. The first-order valence-electron chi connectivity index (χ1n) is 11.1. The Morgan fingerprint density at radius 2 is 1.58 bits per heavy atom. The molecule has 3 fully saturated rings. The van der Waals surface area contributed by atoms with Gasteiger partial charge in [-0.2, -0.15) is 0 Å². The lowest BCUT2D eigenvalue weighted by Gasteiger charge is -2.37. The number of imide groups is 2. The number of Topliss-reactive ketones (excluding diaryl/α,β-unsaturated/α-hetero) is 1. The molecule has 1 aromatic rings. The zero-order valence-electron chi connectivity index (χ0n) is 18.2. The van der Waals surface area contributed by atoms with Gasteiger partial charge < -0.3 is 4.90 Å². The minimum atomic E-state index is -0.704. The van der Waals surface area contributed by atoms with Crippen molar-refractivity contribution in [2.75, 3.05) is 37.7 Å². The molecule has 0 spiro atoms. The fourth-order valence-electron chi connectivity index (χ4n) is 4.87.